The van der Waals surface area contributed by atoms with Gasteiger partial charge >= 0.3 is 5.97 Å². The predicted molar refractivity (Wildman–Crippen MR) is 97.8 cm³/mol. The van der Waals surface area contributed by atoms with Crippen molar-refractivity contribution in [2.45, 2.75) is 26.4 Å². The molecule has 6 nitrogen and oxygen atoms in total. The molecule has 2 N–H and O–H groups in total. The molecule has 27 heavy (non-hydrogen) atoms. The third kappa shape index (κ3) is 5.91. The molecule has 0 saturated heterocycles. The first kappa shape index (κ1) is 20.1. The molecule has 0 spiro atoms. The number of carboxylic acid groups (broad SMARTS) is 1. The van der Waals surface area contributed by atoms with Crippen molar-refractivity contribution in [3.05, 3.63) is 71.0 Å². The van der Waals surface area contributed by atoms with Crippen molar-refractivity contribution in [3.63, 3.8) is 0 Å². The number of hydrogen-bond acceptors (Lipinski definition) is 3. The first-order valence-corrected chi connectivity index (χ1v) is 8.42. The molecular weight excluding hydrogens is 351 g/mol. The number of rotatable bonds is 7. The summed E-state index contributed by atoms with van der Waals surface area (Å²) in [5.41, 5.74) is 1.28. The lowest BCUT2D eigenvalue weighted by Gasteiger charge is -2.21. The van der Waals surface area contributed by atoms with Gasteiger partial charge in [-0.2, -0.15) is 0 Å². The summed E-state index contributed by atoms with van der Waals surface area (Å²) >= 11 is 0. The summed E-state index contributed by atoms with van der Waals surface area (Å²) in [7, 11) is 0. The van der Waals surface area contributed by atoms with Gasteiger partial charge in [-0.1, -0.05) is 12.1 Å². The number of nitrogens with zero attached hydrogens (tertiary/aromatic N) is 1. The maximum atomic E-state index is 13.0. The molecule has 0 heterocycles. The summed E-state index contributed by atoms with van der Waals surface area (Å²) in [6, 6.07) is 11.5. The van der Waals surface area contributed by atoms with Crippen LogP contribution in [0.2, 0.25) is 0 Å². The second-order valence-electron chi connectivity index (χ2n) is 6.39. The lowest BCUT2D eigenvalue weighted by atomic mass is 10.1. The molecular formula is C20H21FN2O4. The van der Waals surface area contributed by atoms with Crippen molar-refractivity contribution in [1.29, 1.82) is 0 Å². The minimum absolute atomic E-state index is 0.0134. The zero-order valence-electron chi connectivity index (χ0n) is 15.1. The van der Waals surface area contributed by atoms with Crippen LogP contribution in [0.3, 0.4) is 0 Å². The van der Waals surface area contributed by atoms with Crippen LogP contribution in [0.25, 0.3) is 0 Å². The Kier molecular flexibility index (Phi) is 6.65. The van der Waals surface area contributed by atoms with E-state index in [9.17, 15) is 18.8 Å². The lowest BCUT2D eigenvalue weighted by molar-refractivity contribution is -0.137. The Labute approximate surface area is 156 Å². The highest BCUT2D eigenvalue weighted by molar-refractivity contribution is 5.98. The SMILES string of the molecule is CC(C)NC(=O)c1ccc(C(=O)N(CC(=O)O)Cc2ccc(F)cc2)cc1. The Morgan fingerprint density at radius 1 is 1.00 bits per heavy atom. The zero-order valence-corrected chi connectivity index (χ0v) is 15.1. The highest BCUT2D eigenvalue weighted by Gasteiger charge is 2.19. The molecule has 0 atom stereocenters. The second-order valence-corrected chi connectivity index (χ2v) is 6.39. The van der Waals surface area contributed by atoms with E-state index in [4.69, 9.17) is 5.11 Å². The van der Waals surface area contributed by atoms with Crippen molar-refractivity contribution in [3.8, 4) is 0 Å². The van der Waals surface area contributed by atoms with E-state index in [0.29, 0.717) is 11.1 Å². The van der Waals surface area contributed by atoms with Gasteiger partial charge in [-0.25, -0.2) is 4.39 Å². The third-order valence-corrected chi connectivity index (χ3v) is 3.71. The van der Waals surface area contributed by atoms with Crippen LogP contribution in [0.1, 0.15) is 40.1 Å². The van der Waals surface area contributed by atoms with Crippen molar-refractivity contribution in [2.75, 3.05) is 6.54 Å². The van der Waals surface area contributed by atoms with Gasteiger partial charge in [0.25, 0.3) is 11.8 Å². The van der Waals surface area contributed by atoms with Crippen LogP contribution in [0.15, 0.2) is 48.5 Å². The first-order valence-electron chi connectivity index (χ1n) is 8.42. The molecule has 2 aromatic rings. The summed E-state index contributed by atoms with van der Waals surface area (Å²) in [5, 5.41) is 11.8. The van der Waals surface area contributed by atoms with E-state index >= 15 is 0 Å². The van der Waals surface area contributed by atoms with Crippen LogP contribution in [0.5, 0.6) is 0 Å². The molecule has 0 bridgehead atoms. The van der Waals surface area contributed by atoms with Gasteiger partial charge in [0, 0.05) is 23.7 Å². The molecule has 7 heteroatoms. The number of hydrogen-bond donors (Lipinski definition) is 2. The number of aliphatic carboxylic acids is 1. The number of carboxylic acids is 1. The molecule has 2 rings (SSSR count). The van der Waals surface area contributed by atoms with E-state index in [2.05, 4.69) is 5.32 Å². The number of carbonyl (C=O) groups excluding carboxylic acids is 2. The molecule has 0 saturated carbocycles. The van der Waals surface area contributed by atoms with E-state index < -0.39 is 24.2 Å². The summed E-state index contributed by atoms with van der Waals surface area (Å²) in [5.74, 6) is -2.31. The first-order chi connectivity index (χ1) is 12.8. The molecule has 0 aliphatic heterocycles. The zero-order chi connectivity index (χ0) is 20.0. The van der Waals surface area contributed by atoms with Gasteiger partial charge in [0.1, 0.15) is 12.4 Å². The molecule has 0 aromatic heterocycles. The number of halogens is 1. The number of amides is 2. The fourth-order valence-corrected chi connectivity index (χ4v) is 2.47. The van der Waals surface area contributed by atoms with Gasteiger partial charge in [0.15, 0.2) is 0 Å². The summed E-state index contributed by atoms with van der Waals surface area (Å²) in [6.07, 6.45) is 0. The summed E-state index contributed by atoms with van der Waals surface area (Å²) in [6.45, 7) is 3.22. The monoisotopic (exact) mass is 372 g/mol. The Balaban J connectivity index is 2.17. The predicted octanol–water partition coefficient (Wildman–Crippen LogP) is 2.69. The van der Waals surface area contributed by atoms with Gasteiger partial charge in [0.2, 0.25) is 0 Å². The van der Waals surface area contributed by atoms with Crippen molar-refractivity contribution >= 4 is 17.8 Å². The molecule has 0 unspecified atom stereocenters. The molecule has 0 fully saturated rings. The normalized spacial score (nSPS) is 10.5. The Bertz CT molecular complexity index is 817. The van der Waals surface area contributed by atoms with Gasteiger partial charge in [-0.05, 0) is 55.8 Å². The van der Waals surface area contributed by atoms with Crippen LogP contribution in [-0.4, -0.2) is 40.4 Å². The highest BCUT2D eigenvalue weighted by Crippen LogP contribution is 2.12. The standard InChI is InChI=1S/C20H21FN2O4/c1-13(2)22-19(26)15-5-7-16(8-6-15)20(27)23(12-18(24)25)11-14-3-9-17(21)10-4-14/h3-10,13H,11-12H2,1-2H3,(H,22,26)(H,24,25). The van der Waals surface area contributed by atoms with Gasteiger partial charge in [-0.3, -0.25) is 14.4 Å². The number of carbonyl (C=O) groups is 3. The topological polar surface area (TPSA) is 86.7 Å². The minimum atomic E-state index is -1.15. The number of nitrogens with one attached hydrogen (secondary N) is 1. The largest absolute Gasteiger partial charge is 0.480 e. The maximum absolute atomic E-state index is 13.0. The van der Waals surface area contributed by atoms with E-state index in [1.54, 1.807) is 0 Å². The van der Waals surface area contributed by atoms with Gasteiger partial charge in [-0.15, -0.1) is 0 Å². The molecule has 142 valence electrons. The molecule has 0 aliphatic carbocycles. The van der Waals surface area contributed by atoms with Crippen molar-refractivity contribution in [2.24, 2.45) is 0 Å². The van der Waals surface area contributed by atoms with Gasteiger partial charge < -0.3 is 15.3 Å². The van der Waals surface area contributed by atoms with Crippen LogP contribution < -0.4 is 5.32 Å². The molecule has 0 aliphatic rings. The fraction of sp³-hybridized carbons (Fsp3) is 0.250. The van der Waals surface area contributed by atoms with Crippen LogP contribution in [-0.2, 0) is 11.3 Å². The quantitative estimate of drug-likeness (QED) is 0.782. The average Bonchev–Trinajstić information content (AvgIpc) is 2.61. The fourth-order valence-electron chi connectivity index (χ4n) is 2.47. The highest BCUT2D eigenvalue weighted by atomic mass is 19.1. The van der Waals surface area contributed by atoms with Gasteiger partial charge in [0.05, 0.1) is 0 Å². The van der Waals surface area contributed by atoms with E-state index in [1.807, 2.05) is 13.8 Å². The Morgan fingerprint density at radius 2 is 1.56 bits per heavy atom. The molecule has 0 radical (unpaired) electrons. The van der Waals surface area contributed by atoms with E-state index in [1.165, 1.54) is 48.5 Å². The number of benzene rings is 2. The Morgan fingerprint density at radius 3 is 2.07 bits per heavy atom. The van der Waals surface area contributed by atoms with Crippen molar-refractivity contribution < 1.29 is 23.9 Å². The van der Waals surface area contributed by atoms with Crippen LogP contribution in [0.4, 0.5) is 4.39 Å². The van der Waals surface area contributed by atoms with Crippen molar-refractivity contribution in [1.82, 2.24) is 10.2 Å². The average molecular weight is 372 g/mol. The summed E-state index contributed by atoms with van der Waals surface area (Å²) in [4.78, 5) is 36.9. The van der Waals surface area contributed by atoms with Crippen LogP contribution in [0, 0.1) is 5.82 Å². The second kappa shape index (κ2) is 8.93. The molecule has 2 aromatic carbocycles. The lowest BCUT2D eigenvalue weighted by Crippen LogP contribution is -2.35. The summed E-state index contributed by atoms with van der Waals surface area (Å²) < 4.78 is 13.0. The maximum Gasteiger partial charge on any atom is 0.323 e. The third-order valence-electron chi connectivity index (χ3n) is 3.71. The van der Waals surface area contributed by atoms with E-state index in [-0.39, 0.29) is 24.1 Å². The smallest absolute Gasteiger partial charge is 0.323 e. The molecule has 2 amide bonds. The Hall–Kier alpha value is -3.22. The van der Waals surface area contributed by atoms with Crippen LogP contribution >= 0.6 is 0 Å². The minimum Gasteiger partial charge on any atom is -0.480 e. The van der Waals surface area contributed by atoms with E-state index in [0.717, 1.165) is 4.90 Å².